The summed E-state index contributed by atoms with van der Waals surface area (Å²) in [4.78, 5) is 7.68. The molecule has 0 amide bonds. The van der Waals surface area contributed by atoms with Crippen molar-refractivity contribution in [2.45, 2.75) is 13.8 Å². The van der Waals surface area contributed by atoms with Gasteiger partial charge >= 0.3 is 0 Å². The van der Waals surface area contributed by atoms with Gasteiger partial charge in [-0.25, -0.2) is 4.98 Å². The number of imidazole rings is 1. The average Bonchev–Trinajstić information content (AvgIpc) is 2.80. The van der Waals surface area contributed by atoms with E-state index in [-0.39, 0.29) is 0 Å². The zero-order valence-electron chi connectivity index (χ0n) is 9.73. The number of aryl methyl sites for hydroxylation is 2. The normalized spacial score (nSPS) is 11.2. The second-order valence-corrected chi connectivity index (χ2v) is 4.20. The van der Waals surface area contributed by atoms with E-state index in [1.54, 1.807) is 4.68 Å². The molecule has 3 aromatic rings. The summed E-state index contributed by atoms with van der Waals surface area (Å²) in [6, 6.07) is 7.89. The van der Waals surface area contributed by atoms with Gasteiger partial charge in [-0.2, -0.15) is 9.78 Å². The summed E-state index contributed by atoms with van der Waals surface area (Å²) in [5.74, 6) is 1.23. The third-order valence-electron chi connectivity index (χ3n) is 2.68. The van der Waals surface area contributed by atoms with Crippen LogP contribution in [0.1, 0.15) is 11.3 Å². The van der Waals surface area contributed by atoms with Gasteiger partial charge in [0, 0.05) is 6.07 Å². The first kappa shape index (κ1) is 9.89. The number of nitrogen functional groups attached to an aromatic ring is 1. The van der Waals surface area contributed by atoms with E-state index >= 15 is 0 Å². The van der Waals surface area contributed by atoms with Gasteiger partial charge in [0.25, 0.3) is 0 Å². The third-order valence-corrected chi connectivity index (χ3v) is 2.68. The highest BCUT2D eigenvalue weighted by molar-refractivity contribution is 5.77. The number of nitrogens with zero attached hydrogens (tertiary/aromatic N) is 3. The van der Waals surface area contributed by atoms with Gasteiger partial charge in [0.1, 0.15) is 5.82 Å². The molecule has 0 atom stereocenters. The molecule has 0 unspecified atom stereocenters. The molecule has 0 aliphatic heterocycles. The van der Waals surface area contributed by atoms with Crippen LogP contribution in [0, 0.1) is 13.8 Å². The number of benzene rings is 1. The molecule has 0 spiro atoms. The number of H-pyrrole nitrogens is 1. The van der Waals surface area contributed by atoms with Gasteiger partial charge in [-0.3, -0.25) is 0 Å². The lowest BCUT2D eigenvalue weighted by molar-refractivity contribution is 0.825. The molecule has 0 saturated heterocycles. The van der Waals surface area contributed by atoms with E-state index < -0.39 is 0 Å². The summed E-state index contributed by atoms with van der Waals surface area (Å²) in [5, 5.41) is 4.30. The Bertz CT molecular complexity index is 692. The minimum absolute atomic E-state index is 0.582. The highest BCUT2D eigenvalue weighted by Gasteiger charge is 2.09. The van der Waals surface area contributed by atoms with Crippen LogP contribution >= 0.6 is 0 Å². The molecule has 86 valence electrons. The summed E-state index contributed by atoms with van der Waals surface area (Å²) in [6.45, 7) is 3.95. The van der Waals surface area contributed by atoms with Gasteiger partial charge in [0.05, 0.1) is 16.7 Å². The van der Waals surface area contributed by atoms with Crippen molar-refractivity contribution in [3.8, 4) is 5.95 Å². The smallest absolute Gasteiger partial charge is 0.230 e. The molecule has 1 aromatic carbocycles. The molecule has 5 heteroatoms. The first-order chi connectivity index (χ1) is 8.13. The van der Waals surface area contributed by atoms with E-state index in [4.69, 9.17) is 5.73 Å². The van der Waals surface area contributed by atoms with Gasteiger partial charge in [-0.1, -0.05) is 6.07 Å². The molecule has 0 saturated carbocycles. The standard InChI is InChI=1S/C12H13N5/c1-7-3-4-9-10(5-7)15-12(14-9)17-11(13)6-8(2)16-17/h3-6H,13H2,1-2H3,(H,14,15). The molecule has 2 aromatic heterocycles. The maximum absolute atomic E-state index is 5.87. The van der Waals surface area contributed by atoms with E-state index in [2.05, 4.69) is 21.1 Å². The second-order valence-electron chi connectivity index (χ2n) is 4.20. The molecular weight excluding hydrogens is 214 g/mol. The molecule has 3 rings (SSSR count). The van der Waals surface area contributed by atoms with E-state index in [0.29, 0.717) is 11.8 Å². The highest BCUT2D eigenvalue weighted by atomic mass is 15.4. The van der Waals surface area contributed by atoms with Gasteiger partial charge in [-0.15, -0.1) is 0 Å². The molecule has 0 aliphatic rings. The monoisotopic (exact) mass is 227 g/mol. The minimum Gasteiger partial charge on any atom is -0.383 e. The van der Waals surface area contributed by atoms with Crippen molar-refractivity contribution in [2.75, 3.05) is 5.73 Å². The summed E-state index contributed by atoms with van der Waals surface area (Å²) in [5.41, 5.74) is 9.84. The number of rotatable bonds is 1. The Balaban J connectivity index is 2.21. The average molecular weight is 227 g/mol. The molecule has 0 aliphatic carbocycles. The van der Waals surface area contributed by atoms with Crippen LogP contribution in [0.3, 0.4) is 0 Å². The van der Waals surface area contributed by atoms with E-state index in [0.717, 1.165) is 16.7 Å². The Kier molecular flexibility index (Phi) is 1.95. The van der Waals surface area contributed by atoms with Crippen LogP contribution in [0.4, 0.5) is 5.82 Å². The maximum atomic E-state index is 5.87. The molecule has 0 bridgehead atoms. The molecule has 17 heavy (non-hydrogen) atoms. The number of fused-ring (bicyclic) bond motifs is 1. The number of anilines is 1. The Morgan fingerprint density at radius 1 is 1.24 bits per heavy atom. The first-order valence-corrected chi connectivity index (χ1v) is 5.42. The van der Waals surface area contributed by atoms with Gasteiger partial charge in [-0.05, 0) is 31.5 Å². The minimum atomic E-state index is 0.582. The fraction of sp³-hybridized carbons (Fsp3) is 0.167. The van der Waals surface area contributed by atoms with Crippen molar-refractivity contribution in [2.24, 2.45) is 0 Å². The molecular formula is C12H13N5. The van der Waals surface area contributed by atoms with Crippen LogP contribution in [-0.2, 0) is 0 Å². The highest BCUT2D eigenvalue weighted by Crippen LogP contribution is 2.17. The zero-order valence-corrected chi connectivity index (χ0v) is 9.73. The number of hydrogen-bond donors (Lipinski definition) is 2. The first-order valence-electron chi connectivity index (χ1n) is 5.42. The Hall–Kier alpha value is -2.30. The molecule has 5 nitrogen and oxygen atoms in total. The van der Waals surface area contributed by atoms with Crippen molar-refractivity contribution in [3.63, 3.8) is 0 Å². The number of aromatic nitrogens is 4. The quantitative estimate of drug-likeness (QED) is 0.667. The SMILES string of the molecule is Cc1ccc2nc(-n3nc(C)cc3N)[nH]c2c1. The van der Waals surface area contributed by atoms with Crippen LogP contribution < -0.4 is 5.73 Å². The van der Waals surface area contributed by atoms with E-state index in [9.17, 15) is 0 Å². The van der Waals surface area contributed by atoms with E-state index in [1.165, 1.54) is 5.56 Å². The predicted molar refractivity (Wildman–Crippen MR) is 67.1 cm³/mol. The summed E-state index contributed by atoms with van der Waals surface area (Å²) < 4.78 is 1.62. The molecule has 3 N–H and O–H groups in total. The Morgan fingerprint density at radius 2 is 2.06 bits per heavy atom. The molecule has 2 heterocycles. The van der Waals surface area contributed by atoms with Crippen LogP contribution in [0.25, 0.3) is 17.0 Å². The lowest BCUT2D eigenvalue weighted by atomic mass is 10.2. The lowest BCUT2D eigenvalue weighted by Crippen LogP contribution is -2.03. The fourth-order valence-corrected chi connectivity index (χ4v) is 1.90. The Morgan fingerprint density at radius 3 is 2.76 bits per heavy atom. The summed E-state index contributed by atoms with van der Waals surface area (Å²) in [6.07, 6.45) is 0. The number of aromatic amines is 1. The fourth-order valence-electron chi connectivity index (χ4n) is 1.90. The lowest BCUT2D eigenvalue weighted by Gasteiger charge is -1.96. The van der Waals surface area contributed by atoms with Crippen LogP contribution in [0.5, 0.6) is 0 Å². The van der Waals surface area contributed by atoms with Gasteiger partial charge < -0.3 is 10.7 Å². The zero-order chi connectivity index (χ0) is 12.0. The van der Waals surface area contributed by atoms with Crippen molar-refractivity contribution < 1.29 is 0 Å². The third kappa shape index (κ3) is 1.56. The van der Waals surface area contributed by atoms with Crippen LogP contribution in [0.2, 0.25) is 0 Å². The van der Waals surface area contributed by atoms with Crippen molar-refractivity contribution in [1.82, 2.24) is 19.7 Å². The van der Waals surface area contributed by atoms with Crippen LogP contribution in [-0.4, -0.2) is 19.7 Å². The Labute approximate surface area is 98.3 Å². The predicted octanol–water partition coefficient (Wildman–Crippen LogP) is 1.95. The molecule has 0 fully saturated rings. The number of nitrogens with one attached hydrogen (secondary N) is 1. The summed E-state index contributed by atoms with van der Waals surface area (Å²) in [7, 11) is 0. The van der Waals surface area contributed by atoms with Crippen molar-refractivity contribution >= 4 is 16.9 Å². The summed E-state index contributed by atoms with van der Waals surface area (Å²) >= 11 is 0. The number of nitrogens with two attached hydrogens (primary N) is 1. The maximum Gasteiger partial charge on any atom is 0.230 e. The second kappa shape index (κ2) is 3.35. The topological polar surface area (TPSA) is 72.5 Å². The number of hydrogen-bond acceptors (Lipinski definition) is 3. The van der Waals surface area contributed by atoms with Gasteiger partial charge in [0.15, 0.2) is 0 Å². The molecule has 0 radical (unpaired) electrons. The van der Waals surface area contributed by atoms with Crippen molar-refractivity contribution in [3.05, 3.63) is 35.5 Å². The van der Waals surface area contributed by atoms with Crippen LogP contribution in [0.15, 0.2) is 24.3 Å². The largest absolute Gasteiger partial charge is 0.383 e. The van der Waals surface area contributed by atoms with Crippen molar-refractivity contribution in [1.29, 1.82) is 0 Å². The van der Waals surface area contributed by atoms with Gasteiger partial charge in [0.2, 0.25) is 5.95 Å². The van der Waals surface area contributed by atoms with E-state index in [1.807, 2.05) is 32.0 Å².